The zero-order valence-corrected chi connectivity index (χ0v) is 36.3. The van der Waals surface area contributed by atoms with Crippen molar-refractivity contribution in [3.05, 3.63) is 88.5 Å². The number of hydrogen-bond donors (Lipinski definition) is 4. The molecule has 2 bridgehead atoms. The maximum atomic E-state index is 15.5. The van der Waals surface area contributed by atoms with Crippen LogP contribution in [0.5, 0.6) is 5.75 Å². The maximum Gasteiger partial charge on any atom is 0.338 e. The van der Waals surface area contributed by atoms with Crippen molar-refractivity contribution in [1.82, 2.24) is 5.32 Å². The molecule has 1 heterocycles. The number of methoxy groups -OCH3 is 1. The number of aliphatic hydroxyl groups excluding tert-OH is 2. The van der Waals surface area contributed by atoms with E-state index >= 15 is 4.79 Å². The van der Waals surface area contributed by atoms with E-state index in [1.807, 2.05) is 0 Å². The summed E-state index contributed by atoms with van der Waals surface area (Å²) in [6.07, 6.45) is -9.07. The van der Waals surface area contributed by atoms with Gasteiger partial charge in [0.1, 0.15) is 29.7 Å². The lowest BCUT2D eigenvalue weighted by Crippen LogP contribution is -2.82. The highest BCUT2D eigenvalue weighted by atomic mass is 16.6. The zero-order chi connectivity index (χ0) is 45.7. The molecule has 6 rings (SSSR count). The highest BCUT2D eigenvalue weighted by molar-refractivity contribution is 5.96. The normalized spacial score (nSPS) is 32.2. The van der Waals surface area contributed by atoms with Crippen molar-refractivity contribution in [2.75, 3.05) is 13.7 Å². The fourth-order valence-electron chi connectivity index (χ4n) is 9.93. The second kappa shape index (κ2) is 17.0. The molecule has 16 heteroatoms. The van der Waals surface area contributed by atoms with Crippen LogP contribution in [-0.2, 0) is 47.7 Å². The van der Waals surface area contributed by atoms with Gasteiger partial charge in [0.25, 0.3) is 0 Å². The number of hydrogen-bond acceptors (Lipinski definition) is 15. The number of rotatable bonds is 11. The Morgan fingerprint density at radius 2 is 1.63 bits per heavy atom. The lowest BCUT2D eigenvalue weighted by atomic mass is 9.44. The van der Waals surface area contributed by atoms with Gasteiger partial charge in [-0.05, 0) is 62.6 Å². The van der Waals surface area contributed by atoms with Crippen LogP contribution in [-0.4, -0.2) is 112 Å². The Bertz CT molecular complexity index is 2200. The molecule has 2 aromatic carbocycles. The van der Waals surface area contributed by atoms with Gasteiger partial charge in [-0.3, -0.25) is 19.2 Å². The van der Waals surface area contributed by atoms with Crippen LogP contribution in [0.15, 0.2) is 77.4 Å². The minimum Gasteiger partial charge on any atom is -0.497 e. The molecule has 16 nitrogen and oxygen atoms in total. The van der Waals surface area contributed by atoms with Crippen LogP contribution in [0.1, 0.15) is 90.2 Å². The molecular weight excluding hydrogens is 806 g/mol. The van der Waals surface area contributed by atoms with Gasteiger partial charge in [0.2, 0.25) is 5.91 Å². The zero-order valence-electron chi connectivity index (χ0n) is 36.3. The highest BCUT2D eigenvalue weighted by Gasteiger charge is 2.78. The molecule has 11 atom stereocenters. The first-order chi connectivity index (χ1) is 29.1. The van der Waals surface area contributed by atoms with E-state index in [-0.39, 0.29) is 29.7 Å². The van der Waals surface area contributed by atoms with Crippen LogP contribution < -0.4 is 10.1 Å². The molecule has 0 aromatic heterocycles. The molecule has 4 N–H and O–H groups in total. The number of esters is 4. The molecule has 2 aromatic rings. The molecule has 62 heavy (non-hydrogen) atoms. The summed E-state index contributed by atoms with van der Waals surface area (Å²) in [4.78, 5) is 83.3. The van der Waals surface area contributed by atoms with Gasteiger partial charge in [-0.2, -0.15) is 0 Å². The third kappa shape index (κ3) is 7.60. The molecule has 0 spiro atoms. The Labute approximate surface area is 359 Å². The monoisotopic (exact) mass is 861 g/mol. The second-order valence-corrected chi connectivity index (χ2v) is 17.3. The third-order valence-corrected chi connectivity index (χ3v) is 13.5. The molecule has 3 fully saturated rings. The van der Waals surface area contributed by atoms with Crippen molar-refractivity contribution in [3.63, 3.8) is 0 Å². The smallest absolute Gasteiger partial charge is 0.338 e. The Kier molecular flexibility index (Phi) is 12.7. The first-order valence-corrected chi connectivity index (χ1v) is 20.5. The van der Waals surface area contributed by atoms with E-state index in [1.54, 1.807) is 76.2 Å². The number of carbonyl (C=O) groups excluding carboxylic acids is 6. The Hall–Kier alpha value is -5.42. The first kappa shape index (κ1) is 46.1. The Morgan fingerprint density at radius 3 is 2.21 bits per heavy atom. The minimum absolute atomic E-state index is 0.0156. The fraction of sp³-hybridized carbons (Fsp3) is 0.522. The summed E-state index contributed by atoms with van der Waals surface area (Å²) in [5, 5.41) is 40.2. The maximum absolute atomic E-state index is 15.5. The minimum atomic E-state index is -2.42. The molecule has 1 saturated heterocycles. The predicted octanol–water partition coefficient (Wildman–Crippen LogP) is 3.40. The van der Waals surface area contributed by atoms with Crippen molar-refractivity contribution in [1.29, 1.82) is 0 Å². The standard InChI is InChI=1S/C46H55NO15/c1-10-23(2)40(53)47-34(27-15-12-11-13-16-27)35(51)42(55)60-30-21-46(56)39(61-41(54)28-17-14-18-29(19-28)57-9)37-44(8,31(50)20-32-45(37,22-58-32)62-26(5)49)38(52)36(59-25(4)48)33(24(30)3)43(46,6)7/h10-19,30-32,34-37,39,50-51,56H,20-22H2,1-9H3,(H,47,53)/t30-,31-,32+,34-,35+,36+,37?,39-,44+,45-,46+/m0/s1. The van der Waals surface area contributed by atoms with Gasteiger partial charge in [0.05, 0.1) is 42.8 Å². The average Bonchev–Trinajstić information content (AvgIpc) is 3.23. The Morgan fingerprint density at radius 1 is 0.952 bits per heavy atom. The topological polar surface area (TPSA) is 231 Å². The van der Waals surface area contributed by atoms with Crippen molar-refractivity contribution < 1.29 is 72.5 Å². The van der Waals surface area contributed by atoms with Crippen LogP contribution in [0.4, 0.5) is 0 Å². The van der Waals surface area contributed by atoms with Crippen LogP contribution >= 0.6 is 0 Å². The lowest BCUT2D eigenvalue weighted by Gasteiger charge is -2.67. The van der Waals surface area contributed by atoms with E-state index in [9.17, 15) is 39.3 Å². The first-order valence-electron chi connectivity index (χ1n) is 20.5. The number of amides is 1. The molecule has 4 aliphatic rings. The molecular formula is C46H55NO15. The highest BCUT2D eigenvalue weighted by Crippen LogP contribution is 2.64. The summed E-state index contributed by atoms with van der Waals surface area (Å²) in [6, 6.07) is 12.9. The number of carbonyl (C=O) groups is 6. The van der Waals surface area contributed by atoms with E-state index < -0.39 is 113 Å². The van der Waals surface area contributed by atoms with E-state index in [1.165, 1.54) is 33.1 Å². The molecule has 1 unspecified atom stereocenters. The molecule has 1 amide bonds. The number of benzene rings is 2. The SMILES string of the molecule is CC=C(C)C(=O)N[C@@H](c1ccccc1)[C@@H](O)C(=O)O[C@H]1C[C@@]2(O)[C@@H](OC(=O)c3cccc(OC)c3)C3[C@](C)(C(=O)[C@H](OC(C)=O)C(=C1C)C2(C)C)[C@@H](O)C[C@H]1OC[C@@]31OC(C)=O. The molecule has 0 radical (unpaired) electrons. The summed E-state index contributed by atoms with van der Waals surface area (Å²) in [5.41, 5.74) is -7.17. The number of aliphatic hydroxyl groups is 3. The average molecular weight is 862 g/mol. The van der Waals surface area contributed by atoms with E-state index in [2.05, 4.69) is 5.32 Å². The van der Waals surface area contributed by atoms with Crippen molar-refractivity contribution in [2.45, 2.75) is 122 Å². The fourth-order valence-corrected chi connectivity index (χ4v) is 9.93. The van der Waals surface area contributed by atoms with Crippen LogP contribution in [0.2, 0.25) is 0 Å². The van der Waals surface area contributed by atoms with E-state index in [4.69, 9.17) is 28.4 Å². The van der Waals surface area contributed by atoms with Crippen LogP contribution in [0.25, 0.3) is 0 Å². The van der Waals surface area contributed by atoms with Crippen molar-refractivity contribution in [3.8, 4) is 5.75 Å². The van der Waals surface area contributed by atoms with Gasteiger partial charge in [0.15, 0.2) is 23.6 Å². The number of ether oxygens (including phenoxy) is 6. The second-order valence-electron chi connectivity index (χ2n) is 17.3. The summed E-state index contributed by atoms with van der Waals surface area (Å²) < 4.78 is 35.6. The summed E-state index contributed by atoms with van der Waals surface area (Å²) in [5.74, 6) is -6.64. The van der Waals surface area contributed by atoms with Gasteiger partial charge in [-0.1, -0.05) is 56.3 Å². The van der Waals surface area contributed by atoms with Gasteiger partial charge < -0.3 is 49.1 Å². The van der Waals surface area contributed by atoms with Gasteiger partial charge >= 0.3 is 23.9 Å². The van der Waals surface area contributed by atoms with Gasteiger partial charge in [-0.15, -0.1) is 0 Å². The molecule has 1 aliphatic heterocycles. The lowest BCUT2D eigenvalue weighted by molar-refractivity contribution is -0.346. The van der Waals surface area contributed by atoms with E-state index in [0.717, 1.165) is 13.8 Å². The number of allylic oxidation sites excluding steroid dienone is 1. The van der Waals surface area contributed by atoms with E-state index in [0.29, 0.717) is 16.9 Å². The number of nitrogens with one attached hydrogen (secondary N) is 1. The van der Waals surface area contributed by atoms with Crippen LogP contribution in [0, 0.1) is 16.7 Å². The van der Waals surface area contributed by atoms with Gasteiger partial charge in [0, 0.05) is 37.7 Å². The van der Waals surface area contributed by atoms with Crippen molar-refractivity contribution >= 4 is 35.6 Å². The summed E-state index contributed by atoms with van der Waals surface area (Å²) in [6.45, 7) is 11.1. The molecule has 334 valence electrons. The quantitative estimate of drug-likeness (QED) is 0.110. The van der Waals surface area contributed by atoms with Gasteiger partial charge in [-0.25, -0.2) is 9.59 Å². The Balaban J connectivity index is 1.56. The largest absolute Gasteiger partial charge is 0.497 e. The number of fused-ring (bicyclic) bond motifs is 5. The summed E-state index contributed by atoms with van der Waals surface area (Å²) in [7, 11) is 1.40. The third-order valence-electron chi connectivity index (χ3n) is 13.5. The van der Waals surface area contributed by atoms with Crippen LogP contribution in [0.3, 0.4) is 0 Å². The van der Waals surface area contributed by atoms with Crippen molar-refractivity contribution in [2.24, 2.45) is 16.7 Å². The molecule has 2 saturated carbocycles. The number of Topliss-reactive ketones (excluding diaryl/α,β-unsaturated/α-hetero) is 1. The molecule has 3 aliphatic carbocycles. The number of ketones is 1. The predicted molar refractivity (Wildman–Crippen MR) is 218 cm³/mol. The summed E-state index contributed by atoms with van der Waals surface area (Å²) >= 11 is 0.